The second-order valence-corrected chi connectivity index (χ2v) is 8.39. The minimum atomic E-state index is 0.134. The van der Waals surface area contributed by atoms with Gasteiger partial charge in [0.25, 0.3) is 0 Å². The van der Waals surface area contributed by atoms with Crippen molar-refractivity contribution in [3.05, 3.63) is 29.3 Å². The molecule has 1 N–H and O–H groups in total. The van der Waals surface area contributed by atoms with Crippen LogP contribution in [0.1, 0.15) is 59.6 Å². The molecule has 2 nitrogen and oxygen atoms in total. The number of anilines is 1. The van der Waals surface area contributed by atoms with E-state index in [-0.39, 0.29) is 11.0 Å². The van der Waals surface area contributed by atoms with Gasteiger partial charge < -0.3 is 10.2 Å². The van der Waals surface area contributed by atoms with Crippen molar-refractivity contribution >= 4 is 5.69 Å². The summed E-state index contributed by atoms with van der Waals surface area (Å²) in [4.78, 5) is 2.42. The molecule has 1 unspecified atom stereocenters. The molecule has 0 aromatic heterocycles. The van der Waals surface area contributed by atoms with Crippen molar-refractivity contribution in [1.29, 1.82) is 0 Å². The molecule has 0 amide bonds. The Hall–Kier alpha value is -1.02. The van der Waals surface area contributed by atoms with E-state index in [9.17, 15) is 0 Å². The molecule has 0 bridgehead atoms. The average molecular weight is 290 g/mol. The molecule has 0 aliphatic carbocycles. The van der Waals surface area contributed by atoms with Gasteiger partial charge >= 0.3 is 0 Å². The highest BCUT2D eigenvalue weighted by Crippen LogP contribution is 2.30. The van der Waals surface area contributed by atoms with Gasteiger partial charge in [0.2, 0.25) is 0 Å². The monoisotopic (exact) mass is 290 g/mol. The molecule has 0 saturated heterocycles. The summed E-state index contributed by atoms with van der Waals surface area (Å²) in [5.41, 5.74) is 4.42. The summed E-state index contributed by atoms with van der Waals surface area (Å²) in [6.45, 7) is 18.9. The lowest BCUT2D eigenvalue weighted by atomic mass is 9.86. The van der Waals surface area contributed by atoms with Crippen LogP contribution in [-0.2, 0) is 6.54 Å². The molecule has 0 fully saturated rings. The minimum absolute atomic E-state index is 0.134. The van der Waals surface area contributed by atoms with Gasteiger partial charge in [0.1, 0.15) is 0 Å². The first-order valence-electron chi connectivity index (χ1n) is 7.99. The van der Waals surface area contributed by atoms with Crippen LogP contribution >= 0.6 is 0 Å². The van der Waals surface area contributed by atoms with Gasteiger partial charge in [-0.1, -0.05) is 38.5 Å². The quantitative estimate of drug-likeness (QED) is 0.860. The van der Waals surface area contributed by atoms with Crippen molar-refractivity contribution in [2.75, 3.05) is 11.9 Å². The van der Waals surface area contributed by atoms with Gasteiger partial charge in [-0.2, -0.15) is 0 Å². The highest BCUT2D eigenvalue weighted by Gasteiger charge is 2.25. The Labute approximate surface area is 131 Å². The van der Waals surface area contributed by atoms with Gasteiger partial charge in [-0.05, 0) is 51.7 Å². The second kappa shape index (κ2) is 6.39. The highest BCUT2D eigenvalue weighted by molar-refractivity contribution is 5.55. The van der Waals surface area contributed by atoms with E-state index >= 15 is 0 Å². The standard InChI is InChI=1S/C19H34N2/c1-14-10-11-17(21(9)15(2)18(3,4)5)16(12-14)13-20-19(6,7)8/h10-12,15,20H,13H2,1-9H3. The normalized spacial score (nSPS) is 14.1. The number of hydrogen-bond donors (Lipinski definition) is 1. The lowest BCUT2D eigenvalue weighted by molar-refractivity contribution is 0.329. The zero-order valence-corrected chi connectivity index (χ0v) is 15.5. The minimum Gasteiger partial charge on any atom is -0.371 e. The summed E-state index contributed by atoms with van der Waals surface area (Å²) in [7, 11) is 2.21. The van der Waals surface area contributed by atoms with Crippen LogP contribution in [0.2, 0.25) is 0 Å². The van der Waals surface area contributed by atoms with E-state index in [0.29, 0.717) is 6.04 Å². The SMILES string of the molecule is Cc1ccc(N(C)C(C)C(C)(C)C)c(CNC(C)(C)C)c1. The number of nitrogens with zero attached hydrogens (tertiary/aromatic N) is 1. The van der Waals surface area contributed by atoms with Gasteiger partial charge in [-0.3, -0.25) is 0 Å². The summed E-state index contributed by atoms with van der Waals surface area (Å²) in [5.74, 6) is 0. The molecule has 0 aliphatic rings. The molecule has 1 atom stereocenters. The Kier molecular flexibility index (Phi) is 5.49. The molecule has 0 radical (unpaired) electrons. The average Bonchev–Trinajstić information content (AvgIpc) is 2.32. The Morgan fingerprint density at radius 1 is 1.10 bits per heavy atom. The van der Waals surface area contributed by atoms with E-state index in [1.54, 1.807) is 0 Å². The third kappa shape index (κ3) is 5.35. The molecule has 2 heteroatoms. The predicted molar refractivity (Wildman–Crippen MR) is 95.1 cm³/mol. The molecule has 0 spiro atoms. The maximum Gasteiger partial charge on any atom is 0.0412 e. The van der Waals surface area contributed by atoms with Gasteiger partial charge in [0.05, 0.1) is 0 Å². The molecule has 1 rings (SSSR count). The maximum absolute atomic E-state index is 3.61. The second-order valence-electron chi connectivity index (χ2n) is 8.39. The number of rotatable bonds is 4. The smallest absolute Gasteiger partial charge is 0.0412 e. The van der Waals surface area contributed by atoms with Crippen molar-refractivity contribution in [2.45, 2.75) is 73.5 Å². The van der Waals surface area contributed by atoms with E-state index in [1.807, 2.05) is 0 Å². The summed E-state index contributed by atoms with van der Waals surface area (Å²) in [5, 5.41) is 3.61. The van der Waals surface area contributed by atoms with Gasteiger partial charge in [0, 0.05) is 30.9 Å². The number of benzene rings is 1. The summed E-state index contributed by atoms with van der Waals surface area (Å²) in [6.07, 6.45) is 0. The summed E-state index contributed by atoms with van der Waals surface area (Å²) in [6, 6.07) is 7.26. The maximum atomic E-state index is 3.61. The molecular weight excluding hydrogens is 256 g/mol. The van der Waals surface area contributed by atoms with Crippen LogP contribution < -0.4 is 10.2 Å². The molecule has 0 heterocycles. The van der Waals surface area contributed by atoms with E-state index in [1.165, 1.54) is 16.8 Å². The van der Waals surface area contributed by atoms with Crippen LogP contribution in [0.5, 0.6) is 0 Å². The van der Waals surface area contributed by atoms with Crippen molar-refractivity contribution in [3.8, 4) is 0 Å². The van der Waals surface area contributed by atoms with E-state index in [4.69, 9.17) is 0 Å². The molecular formula is C19H34N2. The number of hydrogen-bond acceptors (Lipinski definition) is 2. The van der Waals surface area contributed by atoms with Gasteiger partial charge in [-0.15, -0.1) is 0 Å². The van der Waals surface area contributed by atoms with Crippen molar-refractivity contribution in [2.24, 2.45) is 5.41 Å². The van der Waals surface area contributed by atoms with Gasteiger partial charge in [-0.25, -0.2) is 0 Å². The van der Waals surface area contributed by atoms with E-state index in [2.05, 4.69) is 90.9 Å². The van der Waals surface area contributed by atoms with E-state index < -0.39 is 0 Å². The number of nitrogens with one attached hydrogen (secondary N) is 1. The third-order valence-electron chi connectivity index (χ3n) is 4.26. The first kappa shape index (κ1) is 18.0. The summed E-state index contributed by atoms with van der Waals surface area (Å²) < 4.78 is 0. The first-order valence-corrected chi connectivity index (χ1v) is 7.99. The van der Waals surface area contributed by atoms with Crippen molar-refractivity contribution < 1.29 is 0 Å². The highest BCUT2D eigenvalue weighted by atomic mass is 15.1. The van der Waals surface area contributed by atoms with Crippen molar-refractivity contribution in [3.63, 3.8) is 0 Å². The fourth-order valence-corrected chi connectivity index (χ4v) is 2.35. The predicted octanol–water partition coefficient (Wildman–Crippen LogP) is 4.75. The van der Waals surface area contributed by atoms with Crippen LogP contribution in [0.3, 0.4) is 0 Å². The molecule has 1 aromatic carbocycles. The van der Waals surface area contributed by atoms with Crippen LogP contribution in [0, 0.1) is 12.3 Å². The Morgan fingerprint density at radius 3 is 2.14 bits per heavy atom. The molecule has 120 valence electrons. The van der Waals surface area contributed by atoms with Crippen LogP contribution in [-0.4, -0.2) is 18.6 Å². The lowest BCUT2D eigenvalue weighted by Gasteiger charge is -2.38. The first-order chi connectivity index (χ1) is 9.42. The Balaban J connectivity index is 3.06. The largest absolute Gasteiger partial charge is 0.371 e. The van der Waals surface area contributed by atoms with Crippen LogP contribution in [0.15, 0.2) is 18.2 Å². The molecule has 0 aliphatic heterocycles. The molecule has 1 aromatic rings. The molecule has 0 saturated carbocycles. The zero-order chi connectivity index (χ0) is 16.4. The van der Waals surface area contributed by atoms with Crippen molar-refractivity contribution in [1.82, 2.24) is 5.32 Å². The third-order valence-corrected chi connectivity index (χ3v) is 4.26. The fraction of sp³-hybridized carbons (Fsp3) is 0.684. The summed E-state index contributed by atoms with van der Waals surface area (Å²) >= 11 is 0. The zero-order valence-electron chi connectivity index (χ0n) is 15.5. The van der Waals surface area contributed by atoms with Crippen LogP contribution in [0.4, 0.5) is 5.69 Å². The topological polar surface area (TPSA) is 15.3 Å². The Bertz CT molecular complexity index is 463. The number of aryl methyl sites for hydroxylation is 1. The lowest BCUT2D eigenvalue weighted by Crippen LogP contribution is -2.40. The van der Waals surface area contributed by atoms with Crippen LogP contribution in [0.25, 0.3) is 0 Å². The van der Waals surface area contributed by atoms with Gasteiger partial charge in [0.15, 0.2) is 0 Å². The molecule has 21 heavy (non-hydrogen) atoms. The van der Waals surface area contributed by atoms with E-state index in [0.717, 1.165) is 6.54 Å². The fourth-order valence-electron chi connectivity index (χ4n) is 2.35. The Morgan fingerprint density at radius 2 is 1.67 bits per heavy atom.